The van der Waals surface area contributed by atoms with Crippen LogP contribution >= 0.6 is 15.9 Å². The van der Waals surface area contributed by atoms with Crippen molar-refractivity contribution < 1.29 is 4.74 Å². The van der Waals surface area contributed by atoms with Crippen molar-refractivity contribution in [2.75, 3.05) is 6.54 Å². The van der Waals surface area contributed by atoms with Crippen molar-refractivity contribution in [3.63, 3.8) is 0 Å². The monoisotopic (exact) mass is 313 g/mol. The Labute approximate surface area is 119 Å². The third kappa shape index (κ3) is 4.99. The van der Waals surface area contributed by atoms with Gasteiger partial charge in [0.05, 0.1) is 0 Å². The molecule has 3 heteroatoms. The Kier molecular flexibility index (Phi) is 5.67. The Hall–Kier alpha value is -0.540. The second kappa shape index (κ2) is 6.58. The summed E-state index contributed by atoms with van der Waals surface area (Å²) in [6.45, 7) is 11.6. The first-order valence-corrected chi connectivity index (χ1v) is 7.31. The van der Waals surface area contributed by atoms with Gasteiger partial charge in [-0.3, -0.25) is 0 Å². The fraction of sp³-hybridized carbons (Fsp3) is 0.600. The molecule has 0 amide bonds. The van der Waals surface area contributed by atoms with Crippen molar-refractivity contribution >= 4 is 15.9 Å². The van der Waals surface area contributed by atoms with Gasteiger partial charge in [0.25, 0.3) is 0 Å². The van der Waals surface area contributed by atoms with Crippen LogP contribution in [0.15, 0.2) is 22.7 Å². The van der Waals surface area contributed by atoms with Crippen molar-refractivity contribution in [2.45, 2.75) is 52.7 Å². The minimum atomic E-state index is 0.156. The number of nitrogens with one attached hydrogen (secondary N) is 1. The second-order valence-electron chi connectivity index (χ2n) is 5.46. The van der Waals surface area contributed by atoms with E-state index in [4.69, 9.17) is 4.74 Å². The minimum absolute atomic E-state index is 0.156. The lowest BCUT2D eigenvalue weighted by Crippen LogP contribution is -2.43. The predicted molar refractivity (Wildman–Crippen MR) is 81.3 cm³/mol. The number of halogens is 1. The van der Waals surface area contributed by atoms with Gasteiger partial charge in [-0.25, -0.2) is 0 Å². The van der Waals surface area contributed by atoms with E-state index in [1.54, 1.807) is 0 Å². The van der Waals surface area contributed by atoms with E-state index in [-0.39, 0.29) is 11.6 Å². The molecule has 1 N–H and O–H groups in total. The maximum Gasteiger partial charge on any atom is 0.123 e. The summed E-state index contributed by atoms with van der Waals surface area (Å²) in [6.07, 6.45) is 1.26. The smallest absolute Gasteiger partial charge is 0.123 e. The zero-order valence-electron chi connectivity index (χ0n) is 12.0. The lowest BCUT2D eigenvalue weighted by molar-refractivity contribution is 0.197. The number of benzene rings is 1. The molecule has 0 aliphatic rings. The fourth-order valence-electron chi connectivity index (χ4n) is 1.50. The molecule has 2 nitrogen and oxygen atoms in total. The molecule has 18 heavy (non-hydrogen) atoms. The van der Waals surface area contributed by atoms with Crippen LogP contribution < -0.4 is 10.1 Å². The summed E-state index contributed by atoms with van der Waals surface area (Å²) in [5.74, 6) is 0.952. The highest BCUT2D eigenvalue weighted by Crippen LogP contribution is 2.23. The molecule has 0 heterocycles. The molecule has 1 aromatic carbocycles. The van der Waals surface area contributed by atoms with Crippen LogP contribution in [0.5, 0.6) is 5.75 Å². The molecule has 102 valence electrons. The third-order valence-corrected chi connectivity index (χ3v) is 3.72. The molecule has 0 saturated carbocycles. The molecule has 0 aliphatic carbocycles. The standard InChI is InChI=1S/C15H24BrNO/c1-6-15(4,5)17-10-12(3)18-14-9-13(16)8-7-11(14)2/h7-9,12,17H,6,10H2,1-5H3. The first-order valence-electron chi connectivity index (χ1n) is 6.52. The summed E-state index contributed by atoms with van der Waals surface area (Å²) in [5.41, 5.74) is 1.34. The molecule has 1 unspecified atom stereocenters. The van der Waals surface area contributed by atoms with Gasteiger partial charge in [0.15, 0.2) is 0 Å². The van der Waals surface area contributed by atoms with E-state index in [0.717, 1.165) is 23.2 Å². The molecule has 0 spiro atoms. The van der Waals surface area contributed by atoms with Crippen LogP contribution in [0.25, 0.3) is 0 Å². The Bertz CT molecular complexity index is 390. The molecule has 1 atom stereocenters. The summed E-state index contributed by atoms with van der Waals surface area (Å²) >= 11 is 3.47. The van der Waals surface area contributed by atoms with Gasteiger partial charge in [-0.1, -0.05) is 28.9 Å². The van der Waals surface area contributed by atoms with Crippen molar-refractivity contribution in [2.24, 2.45) is 0 Å². The van der Waals surface area contributed by atoms with E-state index in [0.29, 0.717) is 0 Å². The predicted octanol–water partition coefficient (Wildman–Crippen LogP) is 4.30. The number of ether oxygens (including phenoxy) is 1. The second-order valence-corrected chi connectivity index (χ2v) is 6.37. The molecule has 0 aliphatic heterocycles. The number of hydrogen-bond acceptors (Lipinski definition) is 2. The molecule has 0 bridgehead atoms. The van der Waals surface area contributed by atoms with E-state index in [2.05, 4.69) is 61.9 Å². The van der Waals surface area contributed by atoms with Crippen LogP contribution in [0.3, 0.4) is 0 Å². The Balaban J connectivity index is 2.54. The van der Waals surface area contributed by atoms with Crippen molar-refractivity contribution in [1.82, 2.24) is 5.32 Å². The van der Waals surface area contributed by atoms with E-state index >= 15 is 0 Å². The maximum absolute atomic E-state index is 5.97. The van der Waals surface area contributed by atoms with E-state index in [9.17, 15) is 0 Å². The zero-order chi connectivity index (χ0) is 13.8. The van der Waals surface area contributed by atoms with Crippen LogP contribution in [-0.4, -0.2) is 18.2 Å². The molecular formula is C15H24BrNO. The maximum atomic E-state index is 5.97. The fourth-order valence-corrected chi connectivity index (χ4v) is 1.84. The number of aryl methyl sites for hydroxylation is 1. The van der Waals surface area contributed by atoms with Gasteiger partial charge in [0, 0.05) is 16.6 Å². The number of hydrogen-bond donors (Lipinski definition) is 1. The highest BCUT2D eigenvalue weighted by atomic mass is 79.9. The van der Waals surface area contributed by atoms with E-state index in [1.807, 2.05) is 12.1 Å². The average molecular weight is 314 g/mol. The van der Waals surface area contributed by atoms with Crippen LogP contribution in [0.2, 0.25) is 0 Å². The Morgan fingerprint density at radius 3 is 2.67 bits per heavy atom. The zero-order valence-corrected chi connectivity index (χ0v) is 13.6. The SMILES string of the molecule is CCC(C)(C)NCC(C)Oc1cc(Br)ccc1C. The van der Waals surface area contributed by atoms with Gasteiger partial charge >= 0.3 is 0 Å². The minimum Gasteiger partial charge on any atom is -0.489 e. The topological polar surface area (TPSA) is 21.3 Å². The first-order chi connectivity index (χ1) is 8.34. The normalized spacial score (nSPS) is 13.4. The third-order valence-electron chi connectivity index (χ3n) is 3.23. The van der Waals surface area contributed by atoms with Gasteiger partial charge in [0.1, 0.15) is 11.9 Å². The van der Waals surface area contributed by atoms with Gasteiger partial charge in [-0.15, -0.1) is 0 Å². The molecule has 0 radical (unpaired) electrons. The molecular weight excluding hydrogens is 290 g/mol. The van der Waals surface area contributed by atoms with Crippen LogP contribution in [0, 0.1) is 6.92 Å². The van der Waals surface area contributed by atoms with Gasteiger partial charge in [-0.05, 0) is 51.8 Å². The van der Waals surface area contributed by atoms with E-state index < -0.39 is 0 Å². The van der Waals surface area contributed by atoms with Gasteiger partial charge in [-0.2, -0.15) is 0 Å². The average Bonchev–Trinajstić information content (AvgIpc) is 2.31. The molecule has 0 aromatic heterocycles. The van der Waals surface area contributed by atoms with Crippen LogP contribution in [0.1, 0.15) is 39.7 Å². The van der Waals surface area contributed by atoms with Crippen LogP contribution in [0.4, 0.5) is 0 Å². The highest BCUT2D eigenvalue weighted by molar-refractivity contribution is 9.10. The van der Waals surface area contributed by atoms with Crippen LogP contribution in [-0.2, 0) is 0 Å². The largest absolute Gasteiger partial charge is 0.489 e. The first kappa shape index (κ1) is 15.5. The molecule has 0 saturated heterocycles. The van der Waals surface area contributed by atoms with E-state index in [1.165, 1.54) is 5.56 Å². The molecule has 1 aromatic rings. The van der Waals surface area contributed by atoms with Gasteiger partial charge in [0.2, 0.25) is 0 Å². The number of rotatable bonds is 6. The quantitative estimate of drug-likeness (QED) is 0.845. The summed E-state index contributed by atoms with van der Waals surface area (Å²) in [7, 11) is 0. The highest BCUT2D eigenvalue weighted by Gasteiger charge is 2.16. The summed E-state index contributed by atoms with van der Waals surface area (Å²) in [4.78, 5) is 0. The summed E-state index contributed by atoms with van der Waals surface area (Å²) in [5, 5.41) is 3.53. The molecule has 1 rings (SSSR count). The van der Waals surface area contributed by atoms with Crippen molar-refractivity contribution in [3.8, 4) is 5.75 Å². The molecule has 0 fully saturated rings. The van der Waals surface area contributed by atoms with Crippen molar-refractivity contribution in [1.29, 1.82) is 0 Å². The Morgan fingerprint density at radius 1 is 1.39 bits per heavy atom. The van der Waals surface area contributed by atoms with Gasteiger partial charge < -0.3 is 10.1 Å². The lowest BCUT2D eigenvalue weighted by atomic mass is 10.0. The summed E-state index contributed by atoms with van der Waals surface area (Å²) < 4.78 is 7.03. The Morgan fingerprint density at radius 2 is 2.06 bits per heavy atom. The lowest BCUT2D eigenvalue weighted by Gasteiger charge is -2.27. The van der Waals surface area contributed by atoms with Crippen molar-refractivity contribution in [3.05, 3.63) is 28.2 Å². The summed E-state index contributed by atoms with van der Waals surface area (Å²) in [6, 6.07) is 6.12.